The van der Waals surface area contributed by atoms with Crippen molar-refractivity contribution in [3.05, 3.63) is 81.3 Å². The number of benzene rings is 3. The van der Waals surface area contributed by atoms with Gasteiger partial charge in [-0.1, -0.05) is 34.8 Å². The van der Waals surface area contributed by atoms with Crippen molar-refractivity contribution in [3.8, 4) is 5.75 Å². The van der Waals surface area contributed by atoms with Gasteiger partial charge in [0.15, 0.2) is 6.61 Å². The quantitative estimate of drug-likeness (QED) is 0.351. The lowest BCUT2D eigenvalue weighted by Gasteiger charge is -2.15. The Morgan fingerprint density at radius 2 is 1.56 bits per heavy atom. The highest BCUT2D eigenvalue weighted by Gasteiger charge is 2.34. The van der Waals surface area contributed by atoms with Gasteiger partial charge in [0.25, 0.3) is 15.9 Å². The van der Waals surface area contributed by atoms with Crippen LogP contribution in [0, 0.1) is 0 Å². The van der Waals surface area contributed by atoms with Crippen molar-refractivity contribution in [1.29, 1.82) is 0 Å². The molecule has 0 aliphatic heterocycles. The lowest BCUT2D eigenvalue weighted by atomic mass is 10.1. The molecule has 0 spiro atoms. The van der Waals surface area contributed by atoms with Gasteiger partial charge in [-0.25, -0.2) is 8.42 Å². The molecule has 3 aromatic rings. The molecular weight excluding hydrogens is 540 g/mol. The highest BCUT2D eigenvalue weighted by atomic mass is 35.5. The molecule has 0 fully saturated rings. The van der Waals surface area contributed by atoms with Gasteiger partial charge >= 0.3 is 6.18 Å². The van der Waals surface area contributed by atoms with Crippen molar-refractivity contribution >= 4 is 62.1 Å². The van der Waals surface area contributed by atoms with Crippen LogP contribution in [0.15, 0.2) is 65.6 Å². The zero-order chi connectivity index (χ0) is 25.1. The van der Waals surface area contributed by atoms with Gasteiger partial charge in [0.1, 0.15) is 5.75 Å². The number of carbonyl (C=O) groups excluding carboxylic acids is 1. The number of halogens is 6. The van der Waals surface area contributed by atoms with Crippen LogP contribution in [0.5, 0.6) is 5.75 Å². The topological polar surface area (TPSA) is 84.5 Å². The van der Waals surface area contributed by atoms with E-state index in [-0.39, 0.29) is 26.4 Å². The smallest absolute Gasteiger partial charge is 0.418 e. The molecule has 0 radical (unpaired) electrons. The van der Waals surface area contributed by atoms with E-state index < -0.39 is 40.0 Å². The molecule has 0 aliphatic carbocycles. The minimum absolute atomic E-state index is 0.0468. The second-order valence-electron chi connectivity index (χ2n) is 6.73. The summed E-state index contributed by atoms with van der Waals surface area (Å²) in [6.07, 6.45) is -4.74. The average Bonchev–Trinajstić information content (AvgIpc) is 2.75. The van der Waals surface area contributed by atoms with Gasteiger partial charge in [0, 0.05) is 15.7 Å². The van der Waals surface area contributed by atoms with Crippen LogP contribution in [0.1, 0.15) is 5.56 Å². The molecule has 0 unspecified atom stereocenters. The molecule has 0 saturated carbocycles. The Kier molecular flexibility index (Phi) is 7.87. The van der Waals surface area contributed by atoms with Crippen LogP contribution >= 0.6 is 34.8 Å². The number of alkyl halides is 3. The molecular formula is C21H14Cl3F3N2O4S. The number of sulfonamides is 1. The van der Waals surface area contributed by atoms with Crippen molar-refractivity contribution in [2.75, 3.05) is 16.6 Å². The lowest BCUT2D eigenvalue weighted by molar-refractivity contribution is -0.137. The van der Waals surface area contributed by atoms with Crippen LogP contribution < -0.4 is 14.8 Å². The fraction of sp³-hybridized carbons (Fsp3) is 0.0952. The number of ether oxygens (including phenoxy) is 1. The Morgan fingerprint density at radius 1 is 0.912 bits per heavy atom. The number of amides is 1. The van der Waals surface area contributed by atoms with Crippen LogP contribution in [-0.2, 0) is 21.0 Å². The van der Waals surface area contributed by atoms with Gasteiger partial charge in [-0.15, -0.1) is 0 Å². The second-order valence-corrected chi connectivity index (χ2v) is 9.69. The minimum atomic E-state index is -4.74. The van der Waals surface area contributed by atoms with Crippen LogP contribution in [0.2, 0.25) is 15.1 Å². The van der Waals surface area contributed by atoms with Gasteiger partial charge in [-0.05, 0) is 60.7 Å². The van der Waals surface area contributed by atoms with Crippen LogP contribution in [-0.4, -0.2) is 20.9 Å². The first kappa shape index (κ1) is 26.0. The summed E-state index contributed by atoms with van der Waals surface area (Å²) in [7, 11) is -3.99. The first-order valence-corrected chi connectivity index (χ1v) is 11.8. The third kappa shape index (κ3) is 6.69. The Morgan fingerprint density at radius 3 is 2.18 bits per heavy atom. The first-order valence-electron chi connectivity index (χ1n) is 9.22. The zero-order valence-corrected chi connectivity index (χ0v) is 19.9. The molecule has 2 N–H and O–H groups in total. The fourth-order valence-corrected chi connectivity index (χ4v) is 4.37. The predicted molar refractivity (Wildman–Crippen MR) is 124 cm³/mol. The SMILES string of the molecule is O=C(COc1ccc(S(=O)(=O)Nc2ccc(Cl)cc2)cc1Cl)Nc1ccc(Cl)cc1C(F)(F)F. The van der Waals surface area contributed by atoms with E-state index in [4.69, 9.17) is 39.5 Å². The van der Waals surface area contributed by atoms with E-state index in [2.05, 4.69) is 10.0 Å². The number of hydrogen-bond donors (Lipinski definition) is 2. The van der Waals surface area contributed by atoms with Crippen LogP contribution in [0.4, 0.5) is 24.5 Å². The van der Waals surface area contributed by atoms with Gasteiger partial charge in [0.05, 0.1) is 21.2 Å². The third-order valence-electron chi connectivity index (χ3n) is 4.23. The van der Waals surface area contributed by atoms with E-state index in [1.807, 2.05) is 0 Å². The highest BCUT2D eigenvalue weighted by molar-refractivity contribution is 7.92. The van der Waals surface area contributed by atoms with Crippen molar-refractivity contribution < 1.29 is 31.1 Å². The minimum Gasteiger partial charge on any atom is -0.482 e. The molecule has 3 rings (SSSR count). The van der Waals surface area contributed by atoms with Crippen LogP contribution in [0.3, 0.4) is 0 Å². The Labute approximate surface area is 207 Å². The lowest BCUT2D eigenvalue weighted by Crippen LogP contribution is -2.22. The van der Waals surface area contributed by atoms with E-state index >= 15 is 0 Å². The molecule has 13 heteroatoms. The predicted octanol–water partition coefficient (Wildman–Crippen LogP) is 6.48. The summed E-state index contributed by atoms with van der Waals surface area (Å²) < 4.78 is 72.1. The summed E-state index contributed by atoms with van der Waals surface area (Å²) in [6, 6.07) is 12.4. The van der Waals surface area contributed by atoms with Gasteiger partial charge in [0.2, 0.25) is 0 Å². The van der Waals surface area contributed by atoms with E-state index in [1.54, 1.807) is 0 Å². The molecule has 0 atom stereocenters. The molecule has 3 aromatic carbocycles. The Bertz CT molecular complexity index is 1320. The largest absolute Gasteiger partial charge is 0.482 e. The molecule has 0 saturated heterocycles. The molecule has 34 heavy (non-hydrogen) atoms. The van der Waals surface area contributed by atoms with Crippen molar-refractivity contribution in [1.82, 2.24) is 0 Å². The summed E-state index contributed by atoms with van der Waals surface area (Å²) in [4.78, 5) is 11.9. The number of rotatable bonds is 7. The Balaban J connectivity index is 1.67. The maximum atomic E-state index is 13.2. The number of hydrogen-bond acceptors (Lipinski definition) is 4. The molecule has 0 bridgehead atoms. The number of anilines is 2. The van der Waals surface area contributed by atoms with Crippen LogP contribution in [0.25, 0.3) is 0 Å². The van der Waals surface area contributed by atoms with Crippen molar-refractivity contribution in [3.63, 3.8) is 0 Å². The zero-order valence-electron chi connectivity index (χ0n) is 16.8. The Hall–Kier alpha value is -2.66. The van der Waals surface area contributed by atoms with Gasteiger partial charge < -0.3 is 10.1 Å². The molecule has 1 amide bonds. The number of carbonyl (C=O) groups is 1. The molecule has 6 nitrogen and oxygen atoms in total. The van der Waals surface area contributed by atoms with E-state index in [1.165, 1.54) is 42.5 Å². The molecule has 0 aliphatic rings. The molecule has 0 aromatic heterocycles. The summed E-state index contributed by atoms with van der Waals surface area (Å²) >= 11 is 17.5. The van der Waals surface area contributed by atoms with E-state index in [0.717, 1.165) is 12.1 Å². The maximum absolute atomic E-state index is 13.2. The van der Waals surface area contributed by atoms with E-state index in [9.17, 15) is 26.4 Å². The fourth-order valence-electron chi connectivity index (χ4n) is 2.69. The van der Waals surface area contributed by atoms with Crippen molar-refractivity contribution in [2.45, 2.75) is 11.1 Å². The molecule has 180 valence electrons. The summed E-state index contributed by atoms with van der Waals surface area (Å²) in [5.74, 6) is -0.945. The summed E-state index contributed by atoms with van der Waals surface area (Å²) in [6.45, 7) is -0.686. The third-order valence-corrected chi connectivity index (χ3v) is 6.39. The summed E-state index contributed by atoms with van der Waals surface area (Å²) in [5.41, 5.74) is -1.33. The van der Waals surface area contributed by atoms with Gasteiger partial charge in [-0.2, -0.15) is 13.2 Å². The second kappa shape index (κ2) is 10.3. The molecule has 0 heterocycles. The first-order chi connectivity index (χ1) is 15.8. The average molecular weight is 554 g/mol. The van der Waals surface area contributed by atoms with E-state index in [0.29, 0.717) is 11.1 Å². The monoisotopic (exact) mass is 552 g/mol. The normalized spacial score (nSPS) is 11.7. The standard InChI is InChI=1S/C21H14Cl3F3N2O4S/c22-12-1-4-14(5-2-12)29-34(31,32)15-6-8-19(17(24)10-15)33-11-20(30)28-18-7-3-13(23)9-16(18)21(25,26)27/h1-10,29H,11H2,(H,28,30). The van der Waals surface area contributed by atoms with Crippen molar-refractivity contribution in [2.24, 2.45) is 0 Å². The number of nitrogens with one attached hydrogen (secondary N) is 2. The highest BCUT2D eigenvalue weighted by Crippen LogP contribution is 2.36. The summed E-state index contributed by atoms with van der Waals surface area (Å²) in [5, 5.41) is 2.26. The van der Waals surface area contributed by atoms with Gasteiger partial charge in [-0.3, -0.25) is 9.52 Å². The maximum Gasteiger partial charge on any atom is 0.418 e.